The minimum Gasteiger partial charge on any atom is -0.399 e. The molecule has 90 valence electrons. The maximum absolute atomic E-state index is 12.5. The van der Waals surface area contributed by atoms with Crippen LogP contribution in [0, 0.1) is 6.92 Å². The molecule has 0 bridgehead atoms. The summed E-state index contributed by atoms with van der Waals surface area (Å²) in [6.45, 7) is 6.11. The van der Waals surface area contributed by atoms with E-state index in [9.17, 15) is 4.57 Å². The van der Waals surface area contributed by atoms with Crippen molar-refractivity contribution in [3.05, 3.63) is 23.8 Å². The lowest BCUT2D eigenvalue weighted by atomic mass is 10.2. The van der Waals surface area contributed by atoms with Crippen molar-refractivity contribution in [2.75, 3.05) is 18.9 Å². The lowest BCUT2D eigenvalue weighted by Crippen LogP contribution is -2.14. The number of hydrogen-bond donors (Lipinski definition) is 1. The fourth-order valence-electron chi connectivity index (χ4n) is 1.44. The Labute approximate surface area is 96.3 Å². The van der Waals surface area contributed by atoms with Crippen LogP contribution in [-0.4, -0.2) is 13.2 Å². The summed E-state index contributed by atoms with van der Waals surface area (Å²) in [4.78, 5) is 0. The Bertz CT molecular complexity index is 396. The van der Waals surface area contributed by atoms with E-state index in [1.54, 1.807) is 26.0 Å². The van der Waals surface area contributed by atoms with E-state index in [1.165, 1.54) is 0 Å². The first-order valence-corrected chi connectivity index (χ1v) is 6.83. The van der Waals surface area contributed by atoms with Gasteiger partial charge >= 0.3 is 7.60 Å². The van der Waals surface area contributed by atoms with E-state index in [1.807, 2.05) is 13.0 Å². The fraction of sp³-hybridized carbons (Fsp3) is 0.455. The summed E-state index contributed by atoms with van der Waals surface area (Å²) in [5, 5.41) is 0.552. The largest absolute Gasteiger partial charge is 0.399 e. The molecular formula is C11H18NO3P. The molecule has 0 aliphatic heterocycles. The Balaban J connectivity index is 3.20. The molecule has 1 aromatic rings. The van der Waals surface area contributed by atoms with E-state index in [0.717, 1.165) is 5.56 Å². The average Bonchev–Trinajstić information content (AvgIpc) is 2.22. The normalized spacial score (nSPS) is 11.7. The highest BCUT2D eigenvalue weighted by molar-refractivity contribution is 7.62. The predicted octanol–water partition coefficient (Wildman–Crippen LogP) is 2.47. The highest BCUT2D eigenvalue weighted by Crippen LogP contribution is 2.47. The van der Waals surface area contributed by atoms with E-state index in [2.05, 4.69) is 0 Å². The van der Waals surface area contributed by atoms with E-state index >= 15 is 0 Å². The van der Waals surface area contributed by atoms with Crippen LogP contribution >= 0.6 is 7.60 Å². The van der Waals surface area contributed by atoms with Gasteiger partial charge in [0.15, 0.2) is 0 Å². The number of benzene rings is 1. The predicted molar refractivity (Wildman–Crippen MR) is 66.1 cm³/mol. The lowest BCUT2D eigenvalue weighted by Gasteiger charge is -2.19. The third-order valence-corrected chi connectivity index (χ3v) is 4.39. The van der Waals surface area contributed by atoms with Crippen molar-refractivity contribution in [1.82, 2.24) is 0 Å². The Hall–Kier alpha value is -0.830. The smallest absolute Gasteiger partial charge is 0.361 e. The summed E-state index contributed by atoms with van der Waals surface area (Å²) < 4.78 is 23.0. The monoisotopic (exact) mass is 243 g/mol. The summed E-state index contributed by atoms with van der Waals surface area (Å²) in [5.41, 5.74) is 7.10. The van der Waals surface area contributed by atoms with Crippen LogP contribution in [0.1, 0.15) is 19.4 Å². The first-order chi connectivity index (χ1) is 7.53. The van der Waals surface area contributed by atoms with E-state index in [0.29, 0.717) is 24.2 Å². The van der Waals surface area contributed by atoms with E-state index < -0.39 is 7.60 Å². The summed E-state index contributed by atoms with van der Waals surface area (Å²) >= 11 is 0. The maximum Gasteiger partial charge on any atom is 0.361 e. The van der Waals surface area contributed by atoms with Gasteiger partial charge in [0.25, 0.3) is 0 Å². The number of aryl methyl sites for hydroxylation is 1. The average molecular weight is 243 g/mol. The third-order valence-electron chi connectivity index (χ3n) is 2.13. The number of nitrogen functional groups attached to an aromatic ring is 1. The molecule has 0 unspecified atom stereocenters. The molecule has 2 N–H and O–H groups in total. The van der Waals surface area contributed by atoms with Gasteiger partial charge in [-0.2, -0.15) is 0 Å². The molecule has 16 heavy (non-hydrogen) atoms. The molecule has 1 rings (SSSR count). The van der Waals surface area contributed by atoms with E-state index in [-0.39, 0.29) is 0 Å². The van der Waals surface area contributed by atoms with Crippen LogP contribution in [0.3, 0.4) is 0 Å². The number of nitrogens with two attached hydrogens (primary N) is 1. The van der Waals surface area contributed by atoms with Crippen molar-refractivity contribution in [1.29, 1.82) is 0 Å². The van der Waals surface area contributed by atoms with E-state index in [4.69, 9.17) is 14.8 Å². The molecule has 0 amide bonds. The Kier molecular flexibility index (Phi) is 4.54. The summed E-state index contributed by atoms with van der Waals surface area (Å²) in [6.07, 6.45) is 0. The van der Waals surface area contributed by atoms with Gasteiger partial charge in [0, 0.05) is 5.69 Å². The van der Waals surface area contributed by atoms with Gasteiger partial charge < -0.3 is 14.8 Å². The molecule has 0 aromatic heterocycles. The molecule has 1 aromatic carbocycles. The number of rotatable bonds is 5. The van der Waals surface area contributed by atoms with Crippen LogP contribution < -0.4 is 11.0 Å². The van der Waals surface area contributed by atoms with Crippen molar-refractivity contribution in [3.8, 4) is 0 Å². The third kappa shape index (κ3) is 2.85. The van der Waals surface area contributed by atoms with Gasteiger partial charge in [0.1, 0.15) is 0 Å². The maximum atomic E-state index is 12.5. The van der Waals surface area contributed by atoms with Gasteiger partial charge in [-0.25, -0.2) is 0 Å². The van der Waals surface area contributed by atoms with Crippen LogP contribution in [0.4, 0.5) is 5.69 Å². The fourth-order valence-corrected chi connectivity index (χ4v) is 3.28. The standard InChI is InChI=1S/C11H18NO3P/c1-4-14-16(13,15-5-2)11-8-10(12)7-6-9(11)3/h6-8H,4-5,12H2,1-3H3. The molecule has 0 radical (unpaired) electrons. The molecule has 0 aliphatic rings. The van der Waals surface area contributed by atoms with Crippen molar-refractivity contribution < 1.29 is 13.6 Å². The highest BCUT2D eigenvalue weighted by atomic mass is 31.2. The second-order valence-electron chi connectivity index (χ2n) is 3.38. The summed E-state index contributed by atoms with van der Waals surface area (Å²) in [5.74, 6) is 0. The Morgan fingerprint density at radius 3 is 2.31 bits per heavy atom. The molecule has 0 fully saturated rings. The summed E-state index contributed by atoms with van der Waals surface area (Å²) in [6, 6.07) is 5.23. The van der Waals surface area contributed by atoms with Crippen LogP contribution in [-0.2, 0) is 13.6 Å². The molecule has 0 saturated carbocycles. The molecule has 0 aliphatic carbocycles. The minimum atomic E-state index is -3.22. The second-order valence-corrected chi connectivity index (χ2v) is 5.37. The second kappa shape index (κ2) is 5.48. The van der Waals surface area contributed by atoms with Gasteiger partial charge in [-0.3, -0.25) is 4.57 Å². The molecule has 4 nitrogen and oxygen atoms in total. The van der Waals surface area contributed by atoms with Gasteiger partial charge in [-0.15, -0.1) is 0 Å². The minimum absolute atomic E-state index is 0.339. The van der Waals surface area contributed by atoms with Gasteiger partial charge in [0.05, 0.1) is 18.5 Å². The number of anilines is 1. The van der Waals surface area contributed by atoms with Crippen LogP contribution in [0.5, 0.6) is 0 Å². The highest BCUT2D eigenvalue weighted by Gasteiger charge is 2.28. The topological polar surface area (TPSA) is 61.5 Å². The molecule has 5 heteroatoms. The van der Waals surface area contributed by atoms with Crippen LogP contribution in [0.2, 0.25) is 0 Å². The molecule has 0 heterocycles. The first kappa shape index (κ1) is 13.2. The Morgan fingerprint density at radius 2 is 1.81 bits per heavy atom. The first-order valence-electron chi connectivity index (χ1n) is 5.29. The van der Waals surface area contributed by atoms with Crippen LogP contribution in [0.25, 0.3) is 0 Å². The number of hydrogen-bond acceptors (Lipinski definition) is 4. The van der Waals surface area contributed by atoms with Crippen molar-refractivity contribution in [2.24, 2.45) is 0 Å². The van der Waals surface area contributed by atoms with Crippen LogP contribution in [0.15, 0.2) is 18.2 Å². The summed E-state index contributed by atoms with van der Waals surface area (Å²) in [7, 11) is -3.22. The SMILES string of the molecule is CCOP(=O)(OCC)c1cc(N)ccc1C. The van der Waals surface area contributed by atoms with Crippen molar-refractivity contribution in [3.63, 3.8) is 0 Å². The molecule has 0 saturated heterocycles. The zero-order chi connectivity index (χ0) is 12.2. The Morgan fingerprint density at radius 1 is 1.25 bits per heavy atom. The van der Waals surface area contributed by atoms with Gasteiger partial charge in [-0.1, -0.05) is 6.07 Å². The quantitative estimate of drug-likeness (QED) is 0.637. The molecule has 0 spiro atoms. The lowest BCUT2D eigenvalue weighted by molar-refractivity contribution is 0.230. The zero-order valence-electron chi connectivity index (χ0n) is 9.90. The molecular weight excluding hydrogens is 225 g/mol. The van der Waals surface area contributed by atoms with Crippen molar-refractivity contribution >= 4 is 18.6 Å². The van der Waals surface area contributed by atoms with Gasteiger partial charge in [-0.05, 0) is 38.5 Å². The zero-order valence-corrected chi connectivity index (χ0v) is 10.8. The van der Waals surface area contributed by atoms with Crippen molar-refractivity contribution in [2.45, 2.75) is 20.8 Å². The van der Waals surface area contributed by atoms with Gasteiger partial charge in [0.2, 0.25) is 0 Å². The molecule has 0 atom stereocenters.